The third-order valence-corrected chi connectivity index (χ3v) is 8.50. The van der Waals surface area contributed by atoms with Crippen LogP contribution in [-0.4, -0.2) is 120 Å². The highest BCUT2D eigenvalue weighted by atomic mass is 16.4. The first-order valence-electron chi connectivity index (χ1n) is 17.4. The Morgan fingerprint density at radius 3 is 2.08 bits per heavy atom. The first-order chi connectivity index (χ1) is 24.4. The molecule has 0 bridgehead atoms. The molecule has 0 aromatic carbocycles. The van der Waals surface area contributed by atoms with E-state index in [2.05, 4.69) is 31.6 Å². The maximum absolute atomic E-state index is 13.5. The van der Waals surface area contributed by atoms with Gasteiger partial charge in [-0.25, -0.2) is 4.79 Å². The smallest absolute Gasteiger partial charge is 0.326 e. The zero-order valence-electron chi connectivity index (χ0n) is 30.4. The number of hydrogen-bond acceptors (Lipinski definition) is 10. The Hall–Kier alpha value is -5.01. The number of carboxylic acid groups (broad SMARTS) is 1. The van der Waals surface area contributed by atoms with Crippen LogP contribution in [0.1, 0.15) is 79.1 Å². The highest BCUT2D eigenvalue weighted by molar-refractivity contribution is 5.95. The van der Waals surface area contributed by atoms with Gasteiger partial charge in [0.2, 0.25) is 41.4 Å². The molecule has 294 valence electrons. The Kier molecular flexibility index (Phi) is 19.7. The van der Waals surface area contributed by atoms with Gasteiger partial charge in [0.05, 0.1) is 19.1 Å². The van der Waals surface area contributed by atoms with Gasteiger partial charge in [-0.15, -0.1) is 0 Å². The summed E-state index contributed by atoms with van der Waals surface area (Å²) in [5.74, 6) is -6.31. The van der Waals surface area contributed by atoms with Gasteiger partial charge in [-0.1, -0.05) is 34.1 Å². The predicted molar refractivity (Wildman–Crippen MR) is 189 cm³/mol. The van der Waals surface area contributed by atoms with Gasteiger partial charge in [0.1, 0.15) is 24.2 Å². The van der Waals surface area contributed by atoms with Gasteiger partial charge < -0.3 is 59.5 Å². The van der Waals surface area contributed by atoms with Crippen LogP contribution in [0.4, 0.5) is 0 Å². The van der Waals surface area contributed by atoms with E-state index in [9.17, 15) is 43.5 Å². The Morgan fingerprint density at radius 1 is 0.846 bits per heavy atom. The van der Waals surface area contributed by atoms with Crippen molar-refractivity contribution in [3.63, 3.8) is 0 Å². The lowest BCUT2D eigenvalue weighted by molar-refractivity contribution is -0.142. The van der Waals surface area contributed by atoms with Crippen molar-refractivity contribution < 1.29 is 43.5 Å². The fourth-order valence-corrected chi connectivity index (χ4v) is 5.33. The summed E-state index contributed by atoms with van der Waals surface area (Å²) in [6.45, 7) is 6.72. The van der Waals surface area contributed by atoms with E-state index in [1.807, 2.05) is 27.7 Å². The minimum absolute atomic E-state index is 0.0572. The van der Waals surface area contributed by atoms with Gasteiger partial charge in [0.25, 0.3) is 0 Å². The summed E-state index contributed by atoms with van der Waals surface area (Å²) < 4.78 is 0. The van der Waals surface area contributed by atoms with E-state index in [4.69, 9.17) is 22.9 Å². The molecule has 1 saturated heterocycles. The molecule has 1 heterocycles. The Balaban J connectivity index is 2.89. The number of nitrogens with zero attached hydrogens (tertiary/aromatic N) is 2. The Labute approximate surface area is 303 Å². The second kappa shape index (κ2) is 22.7. The van der Waals surface area contributed by atoms with Crippen LogP contribution in [0.3, 0.4) is 0 Å². The average molecular weight is 740 g/mol. The zero-order chi connectivity index (χ0) is 39.5. The molecule has 6 atom stereocenters. The molecular weight excluding hydrogens is 682 g/mol. The molecule has 0 aromatic rings. The molecule has 0 saturated carbocycles. The molecule has 52 heavy (non-hydrogen) atoms. The van der Waals surface area contributed by atoms with Crippen LogP contribution < -0.4 is 49.5 Å². The minimum atomic E-state index is -1.39. The summed E-state index contributed by atoms with van der Waals surface area (Å²) >= 11 is 0. The van der Waals surface area contributed by atoms with Gasteiger partial charge in [-0.2, -0.15) is 0 Å². The maximum Gasteiger partial charge on any atom is 0.326 e. The number of nitrogens with two attached hydrogens (primary N) is 4. The molecule has 20 nitrogen and oxygen atoms in total. The molecule has 0 aromatic heterocycles. The molecule has 1 aliphatic rings. The van der Waals surface area contributed by atoms with Gasteiger partial charge in [-0.3, -0.25) is 38.6 Å². The highest BCUT2D eigenvalue weighted by Crippen LogP contribution is 2.17. The molecule has 1 rings (SSSR count). The van der Waals surface area contributed by atoms with E-state index in [-0.39, 0.29) is 63.0 Å². The van der Waals surface area contributed by atoms with Crippen molar-refractivity contribution in [2.75, 3.05) is 26.2 Å². The molecule has 20 heteroatoms. The molecule has 1 aliphatic heterocycles. The van der Waals surface area contributed by atoms with Crippen LogP contribution in [0.15, 0.2) is 4.99 Å². The van der Waals surface area contributed by atoms with E-state index in [1.165, 1.54) is 4.90 Å². The number of carboxylic acids is 1. The third-order valence-electron chi connectivity index (χ3n) is 8.50. The lowest BCUT2D eigenvalue weighted by Crippen LogP contribution is -2.57. The molecule has 0 unspecified atom stereocenters. The molecule has 1 fully saturated rings. The Bertz CT molecular complexity index is 1310. The molecular formula is C32H57N11O9. The fraction of sp³-hybridized carbons (Fsp3) is 0.719. The molecule has 7 amide bonds. The number of amides is 7. The average Bonchev–Trinajstić information content (AvgIpc) is 3.57. The number of nitrogens with one attached hydrogen (secondary N) is 5. The number of primary amides is 1. The third kappa shape index (κ3) is 16.3. The topological polar surface area (TPSA) is 337 Å². The van der Waals surface area contributed by atoms with Crippen molar-refractivity contribution in [3.8, 4) is 0 Å². The molecule has 0 spiro atoms. The maximum atomic E-state index is 13.5. The van der Waals surface area contributed by atoms with Gasteiger partial charge in [0, 0.05) is 19.5 Å². The summed E-state index contributed by atoms with van der Waals surface area (Å²) in [5, 5.41) is 21.8. The number of rotatable bonds is 23. The summed E-state index contributed by atoms with van der Waals surface area (Å²) in [4.78, 5) is 106. The number of aliphatic imine (C=N–C) groups is 1. The standard InChI is InChI=1S/C32H57N11O9/c1-5-18(4)26(34)30(50)41-19(8-6-12-37-32(35)36)28(48)42-21(14-17(2)3)27(47)39-16-25(46)43-13-7-9-22(43)29(49)38-15-24(45)40-20(31(51)52)10-11-23(33)44/h17-22,26H,5-16,34H2,1-4H3,(H2,33,44)(H,38,49)(H,39,47)(H,40,45)(H,41,50)(H,42,48)(H,51,52)(H4,35,36,37)/t18-,19-,20-,21-,22-,26-/m0/s1. The van der Waals surface area contributed by atoms with Crippen LogP contribution in [0, 0.1) is 11.8 Å². The number of carbonyl (C=O) groups is 8. The van der Waals surface area contributed by atoms with Crippen LogP contribution in [0.5, 0.6) is 0 Å². The number of guanidine groups is 1. The second-order valence-corrected chi connectivity index (χ2v) is 13.3. The lowest BCUT2D eigenvalue weighted by Gasteiger charge is -2.27. The molecule has 14 N–H and O–H groups in total. The van der Waals surface area contributed by atoms with Gasteiger partial charge in [0.15, 0.2) is 5.96 Å². The van der Waals surface area contributed by atoms with Crippen molar-refractivity contribution in [3.05, 3.63) is 0 Å². The largest absolute Gasteiger partial charge is 0.480 e. The van der Waals surface area contributed by atoms with Gasteiger partial charge in [-0.05, 0) is 50.4 Å². The van der Waals surface area contributed by atoms with E-state index >= 15 is 0 Å². The van der Waals surface area contributed by atoms with E-state index in [0.717, 1.165) is 0 Å². The zero-order valence-corrected chi connectivity index (χ0v) is 30.4. The van der Waals surface area contributed by atoms with Crippen molar-refractivity contribution in [2.24, 2.45) is 39.8 Å². The van der Waals surface area contributed by atoms with Crippen molar-refractivity contribution in [1.29, 1.82) is 0 Å². The quantitative estimate of drug-likeness (QED) is 0.0277. The number of likely N-dealkylation sites (tertiary alicyclic amines) is 1. The molecule has 0 radical (unpaired) electrons. The normalized spacial score (nSPS) is 16.7. The lowest BCUT2D eigenvalue weighted by atomic mass is 9.98. The number of carbonyl (C=O) groups excluding carboxylic acids is 7. The first-order valence-corrected chi connectivity index (χ1v) is 17.4. The summed E-state index contributed by atoms with van der Waals surface area (Å²) in [6, 6.07) is -5.33. The van der Waals surface area contributed by atoms with Crippen molar-refractivity contribution in [1.82, 2.24) is 31.5 Å². The van der Waals surface area contributed by atoms with Crippen LogP contribution in [-0.2, 0) is 38.4 Å². The fourth-order valence-electron chi connectivity index (χ4n) is 5.33. The minimum Gasteiger partial charge on any atom is -0.480 e. The van der Waals surface area contributed by atoms with Crippen molar-refractivity contribution in [2.45, 2.75) is 109 Å². The van der Waals surface area contributed by atoms with Crippen LogP contribution in [0.25, 0.3) is 0 Å². The van der Waals surface area contributed by atoms with Crippen LogP contribution >= 0.6 is 0 Å². The summed E-state index contributed by atoms with van der Waals surface area (Å²) in [6.07, 6.45) is 1.58. The van der Waals surface area contributed by atoms with Gasteiger partial charge >= 0.3 is 5.97 Å². The molecule has 0 aliphatic carbocycles. The number of hydrogen-bond donors (Lipinski definition) is 10. The monoisotopic (exact) mass is 739 g/mol. The Morgan fingerprint density at radius 2 is 1.50 bits per heavy atom. The van der Waals surface area contributed by atoms with Crippen molar-refractivity contribution >= 4 is 53.3 Å². The SMILES string of the molecule is CC[C@H](C)[C@H](N)C(=O)N[C@@H](CCCN=C(N)N)C(=O)N[C@@H](CC(C)C)C(=O)NCC(=O)N1CCC[C@H]1C(=O)NCC(=O)N[C@@H](CCC(N)=O)C(=O)O. The number of aliphatic carboxylic acids is 1. The van der Waals surface area contributed by atoms with Crippen LogP contribution in [0.2, 0.25) is 0 Å². The summed E-state index contributed by atoms with van der Waals surface area (Å²) in [5.41, 5.74) is 21.9. The van der Waals surface area contributed by atoms with E-state index < -0.39 is 90.6 Å². The second-order valence-electron chi connectivity index (χ2n) is 13.3. The van der Waals surface area contributed by atoms with E-state index in [1.54, 1.807) is 0 Å². The summed E-state index contributed by atoms with van der Waals surface area (Å²) in [7, 11) is 0. The predicted octanol–water partition coefficient (Wildman–Crippen LogP) is -3.51. The highest BCUT2D eigenvalue weighted by Gasteiger charge is 2.35. The first kappa shape index (κ1) is 45.0. The van der Waals surface area contributed by atoms with E-state index in [0.29, 0.717) is 19.3 Å².